The molecule has 0 aliphatic carbocycles. The first-order valence-corrected chi connectivity index (χ1v) is 8.36. The Hall–Kier alpha value is -1.69. The van der Waals surface area contributed by atoms with Gasteiger partial charge in [-0.1, -0.05) is 39.0 Å². The fourth-order valence-corrected chi connectivity index (χ4v) is 3.05. The molecule has 0 aliphatic rings. The average Bonchev–Trinajstić information content (AvgIpc) is 2.93. The molecule has 0 radical (unpaired) electrons. The SMILES string of the molecule is CCCCCCCCNc1ccc2scnc2c1[N+](=O)[O-]. The van der Waals surface area contributed by atoms with Crippen LogP contribution in [-0.4, -0.2) is 16.5 Å². The van der Waals surface area contributed by atoms with Crippen molar-refractivity contribution < 1.29 is 4.92 Å². The van der Waals surface area contributed by atoms with Crippen LogP contribution in [0.1, 0.15) is 45.4 Å². The number of benzene rings is 1. The molecule has 21 heavy (non-hydrogen) atoms. The quantitative estimate of drug-likeness (QED) is 0.403. The van der Waals surface area contributed by atoms with Crippen molar-refractivity contribution in [2.24, 2.45) is 0 Å². The van der Waals surface area contributed by atoms with Gasteiger partial charge < -0.3 is 5.32 Å². The normalized spacial score (nSPS) is 10.9. The van der Waals surface area contributed by atoms with Crippen LogP contribution in [0.3, 0.4) is 0 Å². The standard InChI is InChI=1S/C15H21N3O2S/c1-2-3-4-5-6-7-10-16-12-8-9-13-14(17-11-21-13)15(12)18(19)20/h8-9,11,16H,2-7,10H2,1H3. The fourth-order valence-electron chi connectivity index (χ4n) is 2.37. The molecule has 1 aromatic heterocycles. The van der Waals surface area contributed by atoms with Crippen LogP contribution < -0.4 is 5.32 Å². The molecule has 2 rings (SSSR count). The Morgan fingerprint density at radius 1 is 1.24 bits per heavy atom. The number of fused-ring (bicyclic) bond motifs is 1. The molecular weight excluding hydrogens is 286 g/mol. The van der Waals surface area contributed by atoms with Gasteiger partial charge in [0.05, 0.1) is 15.1 Å². The highest BCUT2D eigenvalue weighted by Gasteiger charge is 2.20. The number of aromatic nitrogens is 1. The van der Waals surface area contributed by atoms with Crippen LogP contribution in [0.25, 0.3) is 10.2 Å². The third-order valence-electron chi connectivity index (χ3n) is 3.50. The van der Waals surface area contributed by atoms with Crippen molar-refractivity contribution in [2.75, 3.05) is 11.9 Å². The maximum Gasteiger partial charge on any atom is 0.319 e. The molecule has 0 unspecified atom stereocenters. The van der Waals surface area contributed by atoms with Crippen LogP contribution in [0.15, 0.2) is 17.6 Å². The molecule has 6 heteroatoms. The molecule has 0 aliphatic heterocycles. The van der Waals surface area contributed by atoms with Crippen molar-refractivity contribution in [3.63, 3.8) is 0 Å². The van der Waals surface area contributed by atoms with Crippen LogP contribution in [0.2, 0.25) is 0 Å². The van der Waals surface area contributed by atoms with E-state index < -0.39 is 0 Å². The molecule has 1 heterocycles. The van der Waals surface area contributed by atoms with Crippen molar-refractivity contribution >= 4 is 32.9 Å². The highest BCUT2D eigenvalue weighted by Crippen LogP contribution is 2.34. The fraction of sp³-hybridized carbons (Fsp3) is 0.533. The molecule has 0 saturated heterocycles. The van der Waals surface area contributed by atoms with Crippen LogP contribution in [0, 0.1) is 10.1 Å². The Morgan fingerprint density at radius 2 is 2.00 bits per heavy atom. The highest BCUT2D eigenvalue weighted by atomic mass is 32.1. The van der Waals surface area contributed by atoms with E-state index in [0.29, 0.717) is 11.2 Å². The van der Waals surface area contributed by atoms with Gasteiger partial charge >= 0.3 is 5.69 Å². The monoisotopic (exact) mass is 307 g/mol. The molecule has 0 amide bonds. The number of hydrogen-bond acceptors (Lipinski definition) is 5. The van der Waals surface area contributed by atoms with Gasteiger partial charge in [-0.2, -0.15) is 0 Å². The topological polar surface area (TPSA) is 68.1 Å². The molecule has 1 N–H and O–H groups in total. The summed E-state index contributed by atoms with van der Waals surface area (Å²) in [5, 5.41) is 14.5. The first kappa shape index (κ1) is 15.7. The average molecular weight is 307 g/mol. The number of nitro groups is 1. The van der Waals surface area contributed by atoms with Gasteiger partial charge in [0, 0.05) is 6.54 Å². The van der Waals surface area contributed by atoms with E-state index in [2.05, 4.69) is 17.2 Å². The molecule has 2 aromatic rings. The Morgan fingerprint density at radius 3 is 2.76 bits per heavy atom. The summed E-state index contributed by atoms with van der Waals surface area (Å²) in [5.74, 6) is 0. The number of hydrogen-bond donors (Lipinski definition) is 1. The summed E-state index contributed by atoms with van der Waals surface area (Å²) in [4.78, 5) is 15.0. The second kappa shape index (κ2) is 7.93. The molecule has 1 aromatic carbocycles. The maximum absolute atomic E-state index is 11.3. The summed E-state index contributed by atoms with van der Waals surface area (Å²) in [6.45, 7) is 2.97. The van der Waals surface area contributed by atoms with Crippen LogP contribution >= 0.6 is 11.3 Å². The van der Waals surface area contributed by atoms with Crippen molar-refractivity contribution in [1.82, 2.24) is 4.98 Å². The van der Waals surface area contributed by atoms with Gasteiger partial charge in [0.2, 0.25) is 0 Å². The Labute approximate surface area is 128 Å². The molecule has 114 valence electrons. The number of nitro benzene ring substituents is 1. The smallest absolute Gasteiger partial charge is 0.319 e. The third kappa shape index (κ3) is 4.14. The van der Waals surface area contributed by atoms with E-state index in [1.807, 2.05) is 6.07 Å². The maximum atomic E-state index is 11.3. The van der Waals surface area contributed by atoms with E-state index in [0.717, 1.165) is 17.7 Å². The van der Waals surface area contributed by atoms with E-state index >= 15 is 0 Å². The minimum absolute atomic E-state index is 0.0970. The molecule has 0 saturated carbocycles. The van der Waals surface area contributed by atoms with Gasteiger partial charge in [-0.15, -0.1) is 11.3 Å². The van der Waals surface area contributed by atoms with Crippen molar-refractivity contribution in [3.05, 3.63) is 27.8 Å². The molecule has 5 nitrogen and oxygen atoms in total. The van der Waals surface area contributed by atoms with Gasteiger partial charge in [-0.25, -0.2) is 4.98 Å². The largest absolute Gasteiger partial charge is 0.379 e. The summed E-state index contributed by atoms with van der Waals surface area (Å²) >= 11 is 1.42. The molecule has 0 bridgehead atoms. The predicted molar refractivity (Wildman–Crippen MR) is 88.1 cm³/mol. The van der Waals surface area contributed by atoms with Gasteiger partial charge in [0.15, 0.2) is 5.52 Å². The van der Waals surface area contributed by atoms with Gasteiger partial charge in [0.25, 0.3) is 0 Å². The number of nitrogens with one attached hydrogen (secondary N) is 1. The molecule has 0 spiro atoms. The number of unbranched alkanes of at least 4 members (excludes halogenated alkanes) is 5. The third-order valence-corrected chi connectivity index (χ3v) is 4.30. The second-order valence-corrected chi connectivity index (χ2v) is 6.00. The molecule has 0 fully saturated rings. The van der Waals surface area contributed by atoms with Gasteiger partial charge in [0.1, 0.15) is 5.69 Å². The van der Waals surface area contributed by atoms with E-state index in [1.54, 1.807) is 11.6 Å². The Balaban J connectivity index is 1.92. The minimum atomic E-state index is -0.342. The summed E-state index contributed by atoms with van der Waals surface area (Å²) in [7, 11) is 0. The lowest BCUT2D eigenvalue weighted by molar-refractivity contribution is -0.382. The zero-order valence-corrected chi connectivity index (χ0v) is 13.1. The number of nitrogens with zero attached hydrogens (tertiary/aromatic N) is 2. The second-order valence-electron chi connectivity index (χ2n) is 5.11. The Kier molecular flexibility index (Phi) is 5.92. The summed E-state index contributed by atoms with van der Waals surface area (Å²) in [6, 6.07) is 3.68. The predicted octanol–water partition coefficient (Wildman–Crippen LogP) is 4.98. The van der Waals surface area contributed by atoms with Crippen LogP contribution in [0.4, 0.5) is 11.4 Å². The minimum Gasteiger partial charge on any atom is -0.379 e. The lowest BCUT2D eigenvalue weighted by Gasteiger charge is -2.07. The van der Waals surface area contributed by atoms with E-state index in [9.17, 15) is 10.1 Å². The zero-order valence-electron chi connectivity index (χ0n) is 12.3. The lowest BCUT2D eigenvalue weighted by Crippen LogP contribution is -2.04. The van der Waals surface area contributed by atoms with Crippen molar-refractivity contribution in [3.8, 4) is 0 Å². The van der Waals surface area contributed by atoms with Gasteiger partial charge in [-0.3, -0.25) is 10.1 Å². The zero-order chi connectivity index (χ0) is 15.1. The lowest BCUT2D eigenvalue weighted by atomic mass is 10.1. The number of anilines is 1. The first-order chi connectivity index (χ1) is 10.2. The van der Waals surface area contributed by atoms with Crippen molar-refractivity contribution in [2.45, 2.75) is 45.4 Å². The first-order valence-electron chi connectivity index (χ1n) is 7.48. The number of thiazole rings is 1. The van der Waals surface area contributed by atoms with E-state index in [-0.39, 0.29) is 10.6 Å². The summed E-state index contributed by atoms with van der Waals surface area (Å²) in [6.07, 6.45) is 7.26. The number of rotatable bonds is 9. The van der Waals surface area contributed by atoms with Crippen LogP contribution in [0.5, 0.6) is 0 Å². The Bertz CT molecular complexity index is 598. The summed E-state index contributed by atoms with van der Waals surface area (Å²) < 4.78 is 0.854. The highest BCUT2D eigenvalue weighted by molar-refractivity contribution is 7.16. The van der Waals surface area contributed by atoms with Crippen LogP contribution in [-0.2, 0) is 0 Å². The van der Waals surface area contributed by atoms with Gasteiger partial charge in [-0.05, 0) is 18.6 Å². The van der Waals surface area contributed by atoms with Crippen molar-refractivity contribution in [1.29, 1.82) is 0 Å². The molecular formula is C15H21N3O2S. The molecule has 0 atom stereocenters. The van der Waals surface area contributed by atoms with E-state index in [1.165, 1.54) is 43.4 Å². The van der Waals surface area contributed by atoms with E-state index in [4.69, 9.17) is 0 Å². The summed E-state index contributed by atoms with van der Waals surface area (Å²) in [5.41, 5.74) is 2.81.